The maximum absolute atomic E-state index is 11.7. The molecule has 84 valence electrons. The van der Waals surface area contributed by atoms with Gasteiger partial charge in [-0.05, 0) is 45.7 Å². The molecule has 0 saturated carbocycles. The maximum atomic E-state index is 11.7. The summed E-state index contributed by atoms with van der Waals surface area (Å²) in [6, 6.07) is 0. The van der Waals surface area contributed by atoms with Crippen LogP contribution in [0.25, 0.3) is 0 Å². The van der Waals surface area contributed by atoms with Gasteiger partial charge in [-0.2, -0.15) is 0 Å². The molecule has 0 aromatic rings. The highest BCUT2D eigenvalue weighted by molar-refractivity contribution is 5.77. The lowest BCUT2D eigenvalue weighted by Crippen LogP contribution is -2.43. The minimum absolute atomic E-state index is 0.0739. The van der Waals surface area contributed by atoms with Crippen molar-refractivity contribution in [2.45, 2.75) is 38.6 Å². The van der Waals surface area contributed by atoms with Gasteiger partial charge in [0.1, 0.15) is 0 Å². The molecule has 1 fully saturated rings. The Hall–Kier alpha value is -1.01. The number of terminal acetylenes is 1. The van der Waals surface area contributed by atoms with E-state index in [1.54, 1.807) is 0 Å². The van der Waals surface area contributed by atoms with E-state index in [2.05, 4.69) is 16.6 Å². The van der Waals surface area contributed by atoms with Crippen molar-refractivity contribution in [3.63, 3.8) is 0 Å². The van der Waals surface area contributed by atoms with Gasteiger partial charge in [0.25, 0.3) is 0 Å². The first-order chi connectivity index (χ1) is 7.03. The van der Waals surface area contributed by atoms with Crippen molar-refractivity contribution < 1.29 is 4.79 Å². The number of piperidine rings is 1. The van der Waals surface area contributed by atoms with Gasteiger partial charge in [0.05, 0.1) is 5.54 Å². The lowest BCUT2D eigenvalue weighted by atomic mass is 9.94. The number of carbonyl (C=O) groups excluding carboxylic acids is 1. The molecule has 2 N–H and O–H groups in total. The molecule has 0 bridgehead atoms. The molecule has 0 atom stereocenters. The topological polar surface area (TPSA) is 41.1 Å². The Labute approximate surface area is 92.0 Å². The van der Waals surface area contributed by atoms with E-state index in [1.165, 1.54) is 0 Å². The van der Waals surface area contributed by atoms with E-state index in [4.69, 9.17) is 6.42 Å². The summed E-state index contributed by atoms with van der Waals surface area (Å²) in [5.41, 5.74) is -0.524. The van der Waals surface area contributed by atoms with E-state index in [1.807, 2.05) is 13.8 Å². The lowest BCUT2D eigenvalue weighted by molar-refractivity contribution is -0.123. The van der Waals surface area contributed by atoms with Crippen LogP contribution in [0.5, 0.6) is 0 Å². The normalized spacial score (nSPS) is 18.2. The quantitative estimate of drug-likeness (QED) is 0.677. The number of hydrogen-bond acceptors (Lipinski definition) is 2. The molecule has 0 aliphatic carbocycles. The van der Waals surface area contributed by atoms with E-state index < -0.39 is 5.54 Å². The second-order valence-corrected chi connectivity index (χ2v) is 4.72. The number of rotatable bonds is 3. The van der Waals surface area contributed by atoms with Crippen LogP contribution in [0.4, 0.5) is 0 Å². The van der Waals surface area contributed by atoms with Crippen molar-refractivity contribution >= 4 is 5.91 Å². The molecule has 1 saturated heterocycles. The van der Waals surface area contributed by atoms with Crippen LogP contribution in [-0.4, -0.2) is 24.5 Å². The SMILES string of the molecule is C#CC(C)(C)NC(=O)CC1CCNCC1. The molecule has 1 heterocycles. The summed E-state index contributed by atoms with van der Waals surface area (Å²) in [5.74, 6) is 3.15. The Balaban J connectivity index is 2.32. The predicted octanol–water partition coefficient (Wildman–Crippen LogP) is 0.904. The van der Waals surface area contributed by atoms with Crippen molar-refractivity contribution in [3.05, 3.63) is 0 Å². The highest BCUT2D eigenvalue weighted by Gasteiger charge is 2.21. The molecular formula is C12H20N2O. The van der Waals surface area contributed by atoms with Crippen LogP contribution < -0.4 is 10.6 Å². The molecule has 1 rings (SSSR count). The van der Waals surface area contributed by atoms with E-state index in [9.17, 15) is 4.79 Å². The average Bonchev–Trinajstić information content (AvgIpc) is 2.18. The minimum Gasteiger partial charge on any atom is -0.340 e. The van der Waals surface area contributed by atoms with Crippen molar-refractivity contribution in [1.82, 2.24) is 10.6 Å². The summed E-state index contributed by atoms with van der Waals surface area (Å²) in [6.45, 7) is 5.73. The molecule has 0 radical (unpaired) electrons. The van der Waals surface area contributed by atoms with Crippen LogP contribution >= 0.6 is 0 Å². The third-order valence-corrected chi connectivity index (χ3v) is 2.75. The summed E-state index contributed by atoms with van der Waals surface area (Å²) in [7, 11) is 0. The Bertz CT molecular complexity index is 259. The molecular weight excluding hydrogens is 188 g/mol. The van der Waals surface area contributed by atoms with Gasteiger partial charge in [-0.15, -0.1) is 6.42 Å². The number of amides is 1. The van der Waals surface area contributed by atoms with Crippen molar-refractivity contribution in [2.75, 3.05) is 13.1 Å². The molecule has 3 heteroatoms. The number of nitrogens with one attached hydrogen (secondary N) is 2. The van der Waals surface area contributed by atoms with Crippen LogP contribution in [-0.2, 0) is 4.79 Å². The summed E-state index contributed by atoms with van der Waals surface area (Å²) < 4.78 is 0. The van der Waals surface area contributed by atoms with Crippen LogP contribution in [0.3, 0.4) is 0 Å². The third-order valence-electron chi connectivity index (χ3n) is 2.75. The molecule has 3 nitrogen and oxygen atoms in total. The molecule has 0 aromatic heterocycles. The van der Waals surface area contributed by atoms with Gasteiger partial charge in [-0.3, -0.25) is 4.79 Å². The van der Waals surface area contributed by atoms with Gasteiger partial charge in [0, 0.05) is 6.42 Å². The zero-order valence-electron chi connectivity index (χ0n) is 9.60. The van der Waals surface area contributed by atoms with Gasteiger partial charge in [-0.1, -0.05) is 5.92 Å². The highest BCUT2D eigenvalue weighted by Crippen LogP contribution is 2.16. The Morgan fingerprint density at radius 2 is 2.13 bits per heavy atom. The predicted molar refractivity (Wildman–Crippen MR) is 61.3 cm³/mol. The smallest absolute Gasteiger partial charge is 0.221 e. The fraction of sp³-hybridized carbons (Fsp3) is 0.750. The van der Waals surface area contributed by atoms with Gasteiger partial charge >= 0.3 is 0 Å². The summed E-state index contributed by atoms with van der Waals surface area (Å²) in [5, 5.41) is 6.14. The number of hydrogen-bond donors (Lipinski definition) is 2. The van der Waals surface area contributed by atoms with Crippen LogP contribution in [0.15, 0.2) is 0 Å². The monoisotopic (exact) mass is 208 g/mol. The van der Waals surface area contributed by atoms with E-state index in [-0.39, 0.29) is 5.91 Å². The molecule has 1 amide bonds. The van der Waals surface area contributed by atoms with E-state index in [0.29, 0.717) is 12.3 Å². The van der Waals surface area contributed by atoms with Gasteiger partial charge in [-0.25, -0.2) is 0 Å². The highest BCUT2D eigenvalue weighted by atomic mass is 16.1. The zero-order chi connectivity index (χ0) is 11.3. The first-order valence-corrected chi connectivity index (χ1v) is 5.53. The minimum atomic E-state index is -0.524. The summed E-state index contributed by atoms with van der Waals surface area (Å²) in [6.07, 6.45) is 8.09. The van der Waals surface area contributed by atoms with Crippen molar-refractivity contribution in [3.8, 4) is 12.3 Å². The van der Waals surface area contributed by atoms with Gasteiger partial charge in [0.15, 0.2) is 0 Å². The largest absolute Gasteiger partial charge is 0.340 e. The van der Waals surface area contributed by atoms with Gasteiger partial charge in [0.2, 0.25) is 5.91 Å². The molecule has 0 unspecified atom stereocenters. The standard InChI is InChI=1S/C12H20N2O/c1-4-12(2,3)14-11(15)9-10-5-7-13-8-6-10/h1,10,13H,5-9H2,2-3H3,(H,14,15). The first kappa shape index (κ1) is 12.1. The molecule has 1 aliphatic rings. The van der Waals surface area contributed by atoms with Crippen molar-refractivity contribution in [2.24, 2.45) is 5.92 Å². The zero-order valence-corrected chi connectivity index (χ0v) is 9.60. The summed E-state index contributed by atoms with van der Waals surface area (Å²) in [4.78, 5) is 11.7. The fourth-order valence-corrected chi connectivity index (χ4v) is 1.78. The third kappa shape index (κ3) is 4.35. The van der Waals surface area contributed by atoms with Crippen molar-refractivity contribution in [1.29, 1.82) is 0 Å². The fourth-order valence-electron chi connectivity index (χ4n) is 1.78. The Morgan fingerprint density at radius 3 is 2.67 bits per heavy atom. The second kappa shape index (κ2) is 5.18. The number of carbonyl (C=O) groups is 1. The molecule has 1 aliphatic heterocycles. The first-order valence-electron chi connectivity index (χ1n) is 5.53. The average molecular weight is 208 g/mol. The van der Waals surface area contributed by atoms with E-state index >= 15 is 0 Å². The summed E-state index contributed by atoms with van der Waals surface area (Å²) >= 11 is 0. The van der Waals surface area contributed by atoms with Crippen LogP contribution in [0, 0.1) is 18.3 Å². The molecule has 0 spiro atoms. The lowest BCUT2D eigenvalue weighted by Gasteiger charge is -2.24. The van der Waals surface area contributed by atoms with E-state index in [0.717, 1.165) is 25.9 Å². The van der Waals surface area contributed by atoms with Crippen LogP contribution in [0.1, 0.15) is 33.1 Å². The van der Waals surface area contributed by atoms with Crippen LogP contribution in [0.2, 0.25) is 0 Å². The maximum Gasteiger partial charge on any atom is 0.221 e. The Kier molecular flexibility index (Phi) is 4.16. The second-order valence-electron chi connectivity index (χ2n) is 4.72. The Morgan fingerprint density at radius 1 is 1.53 bits per heavy atom. The molecule has 15 heavy (non-hydrogen) atoms. The van der Waals surface area contributed by atoms with Gasteiger partial charge < -0.3 is 10.6 Å². The molecule has 0 aromatic carbocycles.